The predicted octanol–water partition coefficient (Wildman–Crippen LogP) is 4.93. The molecule has 0 spiro atoms. The Bertz CT molecular complexity index is 773. The fourth-order valence-corrected chi connectivity index (χ4v) is 2.62. The zero-order chi connectivity index (χ0) is 17.3. The molecule has 0 fully saturated rings. The van der Waals surface area contributed by atoms with E-state index in [1.54, 1.807) is 7.11 Å². The first-order valence-electron chi connectivity index (χ1n) is 8.48. The van der Waals surface area contributed by atoms with Crippen molar-refractivity contribution in [1.82, 2.24) is 0 Å². The molecular formula is C22H23NO2. The number of anilines is 1. The first-order chi connectivity index (χ1) is 12.3. The second-order valence-corrected chi connectivity index (χ2v) is 5.79. The number of hydrogen-bond donors (Lipinski definition) is 1. The molecule has 25 heavy (non-hydrogen) atoms. The molecule has 0 unspecified atom stereocenters. The fraction of sp³-hybridized carbons (Fsp3) is 0.182. The average Bonchev–Trinajstić information content (AvgIpc) is 2.68. The van der Waals surface area contributed by atoms with Crippen molar-refractivity contribution in [3.05, 3.63) is 90.0 Å². The number of hydrogen-bond acceptors (Lipinski definition) is 3. The first-order valence-corrected chi connectivity index (χ1v) is 8.48. The van der Waals surface area contributed by atoms with Crippen molar-refractivity contribution in [1.29, 1.82) is 0 Å². The number of para-hydroxylation sites is 1. The van der Waals surface area contributed by atoms with Crippen molar-refractivity contribution in [3.8, 4) is 11.5 Å². The lowest BCUT2D eigenvalue weighted by Gasteiger charge is -2.13. The summed E-state index contributed by atoms with van der Waals surface area (Å²) in [5, 5.41) is 3.40. The molecule has 0 atom stereocenters. The molecular weight excluding hydrogens is 310 g/mol. The Morgan fingerprint density at radius 1 is 0.760 bits per heavy atom. The molecule has 3 heteroatoms. The van der Waals surface area contributed by atoms with Gasteiger partial charge in [-0.25, -0.2) is 0 Å². The number of rotatable bonds is 8. The van der Waals surface area contributed by atoms with Gasteiger partial charge >= 0.3 is 0 Å². The highest BCUT2D eigenvalue weighted by Gasteiger charge is 2.06. The van der Waals surface area contributed by atoms with Gasteiger partial charge in [-0.2, -0.15) is 0 Å². The molecule has 3 rings (SSSR count). The molecule has 0 bridgehead atoms. The summed E-state index contributed by atoms with van der Waals surface area (Å²) in [4.78, 5) is 0. The topological polar surface area (TPSA) is 30.5 Å². The average molecular weight is 333 g/mol. The Balaban J connectivity index is 1.57. The van der Waals surface area contributed by atoms with Gasteiger partial charge in [0.2, 0.25) is 0 Å². The van der Waals surface area contributed by atoms with Crippen molar-refractivity contribution < 1.29 is 9.47 Å². The number of nitrogens with one attached hydrogen (secondary N) is 1. The van der Waals surface area contributed by atoms with Gasteiger partial charge in [-0.15, -0.1) is 0 Å². The van der Waals surface area contributed by atoms with Crippen LogP contribution in [-0.2, 0) is 13.0 Å². The number of ether oxygens (including phenoxy) is 2. The molecule has 0 saturated carbocycles. The quantitative estimate of drug-likeness (QED) is 0.634. The van der Waals surface area contributed by atoms with Gasteiger partial charge in [-0.3, -0.25) is 0 Å². The third kappa shape index (κ3) is 5.01. The number of benzene rings is 3. The van der Waals surface area contributed by atoms with Crippen LogP contribution in [0.4, 0.5) is 5.69 Å². The van der Waals surface area contributed by atoms with Gasteiger partial charge in [0.15, 0.2) is 11.5 Å². The van der Waals surface area contributed by atoms with Crippen LogP contribution >= 0.6 is 0 Å². The van der Waals surface area contributed by atoms with Crippen LogP contribution in [0.15, 0.2) is 78.9 Å². The molecule has 0 radical (unpaired) electrons. The normalized spacial score (nSPS) is 10.3. The van der Waals surface area contributed by atoms with Crippen LogP contribution in [0.3, 0.4) is 0 Å². The van der Waals surface area contributed by atoms with Crippen LogP contribution in [-0.4, -0.2) is 13.7 Å². The van der Waals surface area contributed by atoms with Gasteiger partial charge in [-0.1, -0.05) is 54.6 Å². The highest BCUT2D eigenvalue weighted by molar-refractivity contribution is 5.46. The Morgan fingerprint density at radius 2 is 1.48 bits per heavy atom. The largest absolute Gasteiger partial charge is 0.493 e. The summed E-state index contributed by atoms with van der Waals surface area (Å²) < 4.78 is 11.4. The van der Waals surface area contributed by atoms with Crippen molar-refractivity contribution in [2.24, 2.45) is 0 Å². The monoisotopic (exact) mass is 333 g/mol. The highest BCUT2D eigenvalue weighted by atomic mass is 16.5. The molecule has 0 amide bonds. The Kier molecular flexibility index (Phi) is 5.94. The van der Waals surface area contributed by atoms with E-state index < -0.39 is 0 Å². The van der Waals surface area contributed by atoms with Crippen molar-refractivity contribution in [2.45, 2.75) is 13.0 Å². The summed E-state index contributed by atoms with van der Waals surface area (Å²) >= 11 is 0. The summed E-state index contributed by atoms with van der Waals surface area (Å²) in [5.41, 5.74) is 3.52. The molecule has 3 aromatic rings. The maximum absolute atomic E-state index is 5.90. The molecule has 0 aromatic heterocycles. The van der Waals surface area contributed by atoms with Crippen LogP contribution in [0.5, 0.6) is 11.5 Å². The molecule has 0 aliphatic carbocycles. The summed E-state index contributed by atoms with van der Waals surface area (Å²) in [6.07, 6.45) is 0.876. The van der Waals surface area contributed by atoms with Gasteiger partial charge in [0.05, 0.1) is 13.7 Å². The van der Waals surface area contributed by atoms with Crippen LogP contribution in [0.25, 0.3) is 0 Å². The van der Waals surface area contributed by atoms with Gasteiger partial charge < -0.3 is 14.8 Å². The van der Waals surface area contributed by atoms with E-state index in [1.807, 2.05) is 48.5 Å². The Morgan fingerprint density at radius 3 is 2.20 bits per heavy atom. The lowest BCUT2D eigenvalue weighted by Crippen LogP contribution is -2.04. The standard InChI is InChI=1S/C22H23NO2/c1-24-22-16-19(17-23-20-10-6-3-7-11-20)12-13-21(22)25-15-14-18-8-4-2-5-9-18/h2-13,16,23H,14-15,17H2,1H3. The van der Waals surface area contributed by atoms with Gasteiger partial charge in [0, 0.05) is 18.7 Å². The molecule has 0 aliphatic rings. The van der Waals surface area contributed by atoms with E-state index in [0.717, 1.165) is 35.7 Å². The van der Waals surface area contributed by atoms with E-state index in [-0.39, 0.29) is 0 Å². The SMILES string of the molecule is COc1cc(CNc2ccccc2)ccc1OCCc1ccccc1. The van der Waals surface area contributed by atoms with Crippen molar-refractivity contribution >= 4 is 5.69 Å². The first kappa shape index (κ1) is 16.9. The molecule has 0 heterocycles. The third-order valence-corrected chi connectivity index (χ3v) is 3.99. The maximum Gasteiger partial charge on any atom is 0.161 e. The van der Waals surface area contributed by atoms with E-state index >= 15 is 0 Å². The second-order valence-electron chi connectivity index (χ2n) is 5.79. The molecule has 3 aromatic carbocycles. The summed E-state index contributed by atoms with van der Waals surface area (Å²) in [7, 11) is 1.67. The second kappa shape index (κ2) is 8.78. The lowest BCUT2D eigenvalue weighted by atomic mass is 10.1. The molecule has 128 valence electrons. The molecule has 0 aliphatic heterocycles. The summed E-state index contributed by atoms with van der Waals surface area (Å²) in [6.45, 7) is 1.37. The van der Waals surface area contributed by atoms with Crippen LogP contribution in [0.2, 0.25) is 0 Å². The van der Waals surface area contributed by atoms with Gasteiger partial charge in [0.25, 0.3) is 0 Å². The zero-order valence-corrected chi connectivity index (χ0v) is 14.4. The fourth-order valence-electron chi connectivity index (χ4n) is 2.62. The van der Waals surface area contributed by atoms with Gasteiger partial charge in [0.1, 0.15) is 0 Å². The smallest absolute Gasteiger partial charge is 0.161 e. The van der Waals surface area contributed by atoms with Crippen LogP contribution < -0.4 is 14.8 Å². The predicted molar refractivity (Wildman–Crippen MR) is 102 cm³/mol. The van der Waals surface area contributed by atoms with E-state index in [1.165, 1.54) is 5.56 Å². The minimum atomic E-state index is 0.627. The Hall–Kier alpha value is -2.94. The van der Waals surface area contributed by atoms with E-state index in [4.69, 9.17) is 9.47 Å². The zero-order valence-electron chi connectivity index (χ0n) is 14.4. The van der Waals surface area contributed by atoms with E-state index in [0.29, 0.717) is 6.61 Å². The molecule has 0 saturated heterocycles. The van der Waals surface area contributed by atoms with Gasteiger partial charge in [-0.05, 0) is 35.4 Å². The third-order valence-electron chi connectivity index (χ3n) is 3.99. The van der Waals surface area contributed by atoms with Crippen LogP contribution in [0.1, 0.15) is 11.1 Å². The van der Waals surface area contributed by atoms with E-state index in [2.05, 4.69) is 35.6 Å². The number of methoxy groups -OCH3 is 1. The minimum Gasteiger partial charge on any atom is -0.493 e. The van der Waals surface area contributed by atoms with Crippen molar-refractivity contribution in [2.75, 3.05) is 19.0 Å². The molecule has 1 N–H and O–H groups in total. The lowest BCUT2D eigenvalue weighted by molar-refractivity contribution is 0.297. The minimum absolute atomic E-state index is 0.627. The summed E-state index contributed by atoms with van der Waals surface area (Å²) in [6, 6.07) is 26.6. The maximum atomic E-state index is 5.90. The highest BCUT2D eigenvalue weighted by Crippen LogP contribution is 2.28. The Labute approximate surface area is 149 Å². The van der Waals surface area contributed by atoms with E-state index in [9.17, 15) is 0 Å². The van der Waals surface area contributed by atoms with Crippen molar-refractivity contribution in [3.63, 3.8) is 0 Å². The van der Waals surface area contributed by atoms with Crippen LogP contribution in [0, 0.1) is 0 Å². The molecule has 3 nitrogen and oxygen atoms in total. The summed E-state index contributed by atoms with van der Waals surface area (Å²) in [5.74, 6) is 1.54.